The number of carbonyl (C=O) groups excluding carboxylic acids is 1. The predicted octanol–water partition coefficient (Wildman–Crippen LogP) is 1.95. The molecule has 0 aliphatic heterocycles. The first-order valence-electron chi connectivity index (χ1n) is 7.63. The molecule has 0 aromatic heterocycles. The molecule has 4 aliphatic carbocycles. The van der Waals surface area contributed by atoms with Gasteiger partial charge in [0.1, 0.15) is 0 Å². The number of rotatable bonds is 4. The van der Waals surface area contributed by atoms with Gasteiger partial charge < -0.3 is 10.4 Å². The monoisotopic (exact) mass is 251 g/mol. The van der Waals surface area contributed by atoms with Crippen molar-refractivity contribution in [2.45, 2.75) is 51.6 Å². The van der Waals surface area contributed by atoms with E-state index >= 15 is 0 Å². The lowest BCUT2D eigenvalue weighted by Gasteiger charge is -2.53. The van der Waals surface area contributed by atoms with Gasteiger partial charge >= 0.3 is 0 Å². The highest BCUT2D eigenvalue weighted by Gasteiger charge is 2.50. The van der Waals surface area contributed by atoms with Gasteiger partial charge in [0, 0.05) is 12.5 Å². The summed E-state index contributed by atoms with van der Waals surface area (Å²) in [6.07, 6.45) is 6.87. The van der Waals surface area contributed by atoms with E-state index in [-0.39, 0.29) is 17.9 Å². The minimum absolute atomic E-state index is 0.219. The molecule has 0 radical (unpaired) electrons. The average molecular weight is 251 g/mol. The number of aliphatic hydroxyl groups is 1. The van der Waals surface area contributed by atoms with E-state index in [1.807, 2.05) is 6.92 Å². The molecule has 0 aromatic rings. The standard InChI is InChI=1S/C15H25NO2/c1-2-13(17)8-16-15(18)14-11-4-9-3-10(6-11)7-12(14)5-9/h9-14,17H,2-8H2,1H3,(H,16,18). The first-order chi connectivity index (χ1) is 8.67. The smallest absolute Gasteiger partial charge is 0.223 e. The minimum atomic E-state index is -0.384. The number of nitrogens with one attached hydrogen (secondary N) is 1. The van der Waals surface area contributed by atoms with Crippen molar-refractivity contribution in [2.24, 2.45) is 29.6 Å². The molecule has 4 fully saturated rings. The Kier molecular flexibility index (Phi) is 3.35. The second-order valence-electron chi connectivity index (χ2n) is 6.76. The number of aliphatic hydroxyl groups excluding tert-OH is 1. The van der Waals surface area contributed by atoms with Crippen LogP contribution in [0.2, 0.25) is 0 Å². The molecule has 0 aromatic carbocycles. The Hall–Kier alpha value is -0.570. The van der Waals surface area contributed by atoms with Gasteiger partial charge in [-0.15, -0.1) is 0 Å². The predicted molar refractivity (Wildman–Crippen MR) is 69.8 cm³/mol. The van der Waals surface area contributed by atoms with Gasteiger partial charge in [-0.3, -0.25) is 4.79 Å². The van der Waals surface area contributed by atoms with Crippen molar-refractivity contribution in [2.75, 3.05) is 6.54 Å². The number of carbonyl (C=O) groups is 1. The zero-order valence-electron chi connectivity index (χ0n) is 11.3. The Balaban J connectivity index is 1.60. The van der Waals surface area contributed by atoms with Crippen LogP contribution >= 0.6 is 0 Å². The molecule has 1 atom stereocenters. The Morgan fingerprint density at radius 1 is 1.17 bits per heavy atom. The summed E-state index contributed by atoms with van der Waals surface area (Å²) in [6, 6.07) is 0. The van der Waals surface area contributed by atoms with Crippen LogP contribution in [0.3, 0.4) is 0 Å². The summed E-state index contributed by atoms with van der Waals surface area (Å²) in [6.45, 7) is 2.37. The highest BCUT2D eigenvalue weighted by atomic mass is 16.3. The maximum atomic E-state index is 12.3. The molecule has 1 unspecified atom stereocenters. The quantitative estimate of drug-likeness (QED) is 0.802. The van der Waals surface area contributed by atoms with Gasteiger partial charge in [-0.05, 0) is 62.2 Å². The van der Waals surface area contributed by atoms with E-state index in [0.29, 0.717) is 24.8 Å². The summed E-state index contributed by atoms with van der Waals surface area (Å²) in [5.74, 6) is 3.58. The topological polar surface area (TPSA) is 49.3 Å². The highest BCUT2D eigenvalue weighted by Crippen LogP contribution is 2.56. The summed E-state index contributed by atoms with van der Waals surface area (Å²) in [4.78, 5) is 12.3. The van der Waals surface area contributed by atoms with Gasteiger partial charge in [-0.1, -0.05) is 6.92 Å². The molecule has 4 bridgehead atoms. The summed E-state index contributed by atoms with van der Waals surface area (Å²) in [5.41, 5.74) is 0. The van der Waals surface area contributed by atoms with E-state index in [1.165, 1.54) is 32.1 Å². The van der Waals surface area contributed by atoms with Crippen molar-refractivity contribution in [1.29, 1.82) is 0 Å². The molecule has 18 heavy (non-hydrogen) atoms. The van der Waals surface area contributed by atoms with E-state index in [4.69, 9.17) is 0 Å². The molecule has 4 aliphatic rings. The molecular weight excluding hydrogens is 226 g/mol. The van der Waals surface area contributed by atoms with Crippen LogP contribution in [0.15, 0.2) is 0 Å². The Morgan fingerprint density at radius 3 is 2.22 bits per heavy atom. The van der Waals surface area contributed by atoms with E-state index in [9.17, 15) is 9.90 Å². The van der Waals surface area contributed by atoms with Gasteiger partial charge in [0.2, 0.25) is 5.91 Å². The van der Waals surface area contributed by atoms with Crippen LogP contribution in [0.25, 0.3) is 0 Å². The fourth-order valence-corrected chi connectivity index (χ4v) is 4.83. The lowest BCUT2D eigenvalue weighted by molar-refractivity contribution is -0.138. The Labute approximate surface area is 109 Å². The molecule has 102 valence electrons. The molecule has 4 rings (SSSR count). The minimum Gasteiger partial charge on any atom is -0.391 e. The van der Waals surface area contributed by atoms with Gasteiger partial charge in [-0.25, -0.2) is 0 Å². The van der Waals surface area contributed by atoms with Crippen LogP contribution < -0.4 is 5.32 Å². The van der Waals surface area contributed by atoms with Crippen LogP contribution in [-0.2, 0) is 4.79 Å². The van der Waals surface area contributed by atoms with E-state index < -0.39 is 0 Å². The third-order valence-corrected chi connectivity index (χ3v) is 5.51. The SMILES string of the molecule is CCC(O)CNC(=O)C1C2CC3CC(C2)CC1C3. The largest absolute Gasteiger partial charge is 0.391 e. The van der Waals surface area contributed by atoms with Gasteiger partial charge in [0.05, 0.1) is 6.10 Å². The third kappa shape index (κ3) is 2.18. The van der Waals surface area contributed by atoms with E-state index in [0.717, 1.165) is 11.8 Å². The number of amides is 1. The second kappa shape index (κ2) is 4.84. The number of hydrogen-bond donors (Lipinski definition) is 2. The molecule has 0 spiro atoms. The molecule has 0 heterocycles. The summed E-state index contributed by atoms with van der Waals surface area (Å²) < 4.78 is 0. The lowest BCUT2D eigenvalue weighted by Crippen LogP contribution is -2.51. The zero-order valence-corrected chi connectivity index (χ0v) is 11.3. The second-order valence-corrected chi connectivity index (χ2v) is 6.76. The third-order valence-electron chi connectivity index (χ3n) is 5.51. The van der Waals surface area contributed by atoms with E-state index in [1.54, 1.807) is 0 Å². The van der Waals surface area contributed by atoms with Crippen LogP contribution in [0, 0.1) is 29.6 Å². The van der Waals surface area contributed by atoms with Crippen molar-refractivity contribution in [1.82, 2.24) is 5.32 Å². The van der Waals surface area contributed by atoms with Crippen LogP contribution in [-0.4, -0.2) is 23.7 Å². The summed E-state index contributed by atoms with van der Waals surface area (Å²) >= 11 is 0. The van der Waals surface area contributed by atoms with Crippen LogP contribution in [0.1, 0.15) is 45.4 Å². The molecule has 1 amide bonds. The average Bonchev–Trinajstić information content (AvgIpc) is 2.34. The van der Waals surface area contributed by atoms with Gasteiger partial charge in [0.15, 0.2) is 0 Å². The van der Waals surface area contributed by atoms with Crippen molar-refractivity contribution in [3.8, 4) is 0 Å². The molecule has 4 saturated carbocycles. The van der Waals surface area contributed by atoms with Crippen molar-refractivity contribution >= 4 is 5.91 Å². The molecule has 2 N–H and O–H groups in total. The maximum Gasteiger partial charge on any atom is 0.223 e. The first kappa shape index (κ1) is 12.5. The van der Waals surface area contributed by atoms with Crippen molar-refractivity contribution < 1.29 is 9.90 Å². The normalized spacial score (nSPS) is 42.9. The molecule has 3 nitrogen and oxygen atoms in total. The number of hydrogen-bond acceptors (Lipinski definition) is 2. The van der Waals surface area contributed by atoms with Crippen LogP contribution in [0.4, 0.5) is 0 Å². The Morgan fingerprint density at radius 2 is 1.72 bits per heavy atom. The highest BCUT2D eigenvalue weighted by molar-refractivity contribution is 5.79. The van der Waals surface area contributed by atoms with Crippen molar-refractivity contribution in [3.63, 3.8) is 0 Å². The lowest BCUT2D eigenvalue weighted by atomic mass is 9.51. The fraction of sp³-hybridized carbons (Fsp3) is 0.933. The zero-order chi connectivity index (χ0) is 12.7. The summed E-state index contributed by atoms with van der Waals surface area (Å²) in [5, 5.41) is 12.5. The van der Waals surface area contributed by atoms with Gasteiger partial charge in [0.25, 0.3) is 0 Å². The first-order valence-corrected chi connectivity index (χ1v) is 7.63. The Bertz CT molecular complexity index is 300. The van der Waals surface area contributed by atoms with Crippen molar-refractivity contribution in [3.05, 3.63) is 0 Å². The fourth-order valence-electron chi connectivity index (χ4n) is 4.83. The van der Waals surface area contributed by atoms with Gasteiger partial charge in [-0.2, -0.15) is 0 Å². The molecular formula is C15H25NO2. The molecule has 0 saturated heterocycles. The van der Waals surface area contributed by atoms with E-state index in [2.05, 4.69) is 5.32 Å². The molecule has 3 heteroatoms. The van der Waals surface area contributed by atoms with Crippen LogP contribution in [0.5, 0.6) is 0 Å². The summed E-state index contributed by atoms with van der Waals surface area (Å²) in [7, 11) is 0. The maximum absolute atomic E-state index is 12.3.